The Bertz CT molecular complexity index is 410. The molecule has 1 atom stereocenters. The number of carbonyl (C=O) groups is 2. The van der Waals surface area contributed by atoms with E-state index in [-0.39, 0.29) is 17.1 Å². The van der Waals surface area contributed by atoms with Gasteiger partial charge in [-0.2, -0.15) is 12.6 Å². The number of rotatable bonds is 4. The van der Waals surface area contributed by atoms with Crippen molar-refractivity contribution in [2.75, 3.05) is 5.75 Å². The van der Waals surface area contributed by atoms with Crippen LogP contribution in [0.5, 0.6) is 5.75 Å². The Morgan fingerprint density at radius 3 is 2.69 bits per heavy atom. The molecule has 0 aliphatic rings. The Morgan fingerprint density at radius 2 is 2.19 bits per heavy atom. The number of hydrogen-bond donors (Lipinski definition) is 4. The maximum Gasteiger partial charge on any atom is 0.327 e. The van der Waals surface area contributed by atoms with Gasteiger partial charge in [-0.05, 0) is 6.07 Å². The van der Waals surface area contributed by atoms with E-state index in [9.17, 15) is 9.59 Å². The number of carboxylic acids is 1. The summed E-state index contributed by atoms with van der Waals surface area (Å²) in [6.45, 7) is 0. The van der Waals surface area contributed by atoms with Crippen molar-refractivity contribution >= 4 is 24.5 Å². The molecule has 0 saturated carbocycles. The smallest absolute Gasteiger partial charge is 0.327 e. The summed E-state index contributed by atoms with van der Waals surface area (Å²) in [5.74, 6) is -1.97. The van der Waals surface area contributed by atoms with E-state index in [0.717, 1.165) is 0 Å². The number of pyridine rings is 1. The highest BCUT2D eigenvalue weighted by molar-refractivity contribution is 7.80. The molecule has 0 aromatic carbocycles. The molecule has 0 aliphatic carbocycles. The molecule has 0 spiro atoms. The third-order valence-corrected chi connectivity index (χ3v) is 2.14. The zero-order valence-corrected chi connectivity index (χ0v) is 9.02. The van der Waals surface area contributed by atoms with Gasteiger partial charge in [0, 0.05) is 11.9 Å². The van der Waals surface area contributed by atoms with Crippen LogP contribution in [0.25, 0.3) is 0 Å². The molecule has 3 N–H and O–H groups in total. The first-order valence-corrected chi connectivity index (χ1v) is 4.96. The number of nitrogens with one attached hydrogen (secondary N) is 1. The maximum absolute atomic E-state index is 11.5. The minimum Gasteiger partial charge on any atom is -0.506 e. The molecule has 1 aromatic heterocycles. The van der Waals surface area contributed by atoms with Crippen LogP contribution in [0.4, 0.5) is 0 Å². The molecular weight excluding hydrogens is 232 g/mol. The molecular formula is C9H10N2O4S. The monoisotopic (exact) mass is 242 g/mol. The van der Waals surface area contributed by atoms with Crippen molar-refractivity contribution in [1.82, 2.24) is 10.3 Å². The highest BCUT2D eigenvalue weighted by Crippen LogP contribution is 2.08. The molecule has 16 heavy (non-hydrogen) atoms. The van der Waals surface area contributed by atoms with E-state index >= 15 is 0 Å². The van der Waals surface area contributed by atoms with Gasteiger partial charge in [0.1, 0.15) is 11.8 Å². The Morgan fingerprint density at radius 1 is 1.50 bits per heavy atom. The van der Waals surface area contributed by atoms with Gasteiger partial charge in [0.2, 0.25) is 0 Å². The molecule has 6 nitrogen and oxygen atoms in total. The first kappa shape index (κ1) is 12.3. The summed E-state index contributed by atoms with van der Waals surface area (Å²) in [6.07, 6.45) is 2.40. The number of aromatic nitrogens is 1. The molecule has 0 aliphatic heterocycles. The van der Waals surface area contributed by atoms with Gasteiger partial charge < -0.3 is 15.5 Å². The molecule has 86 valence electrons. The van der Waals surface area contributed by atoms with Gasteiger partial charge in [-0.3, -0.25) is 9.78 Å². The summed E-state index contributed by atoms with van der Waals surface area (Å²) in [6, 6.07) is 0.123. The second-order valence-electron chi connectivity index (χ2n) is 2.98. The quantitative estimate of drug-likeness (QED) is 0.552. The summed E-state index contributed by atoms with van der Waals surface area (Å²) in [5.41, 5.74) is 0.0908. The number of nitrogens with zero attached hydrogens (tertiary/aromatic N) is 1. The van der Waals surface area contributed by atoms with Crippen LogP contribution in [-0.2, 0) is 4.79 Å². The second-order valence-corrected chi connectivity index (χ2v) is 3.34. The van der Waals surface area contributed by atoms with E-state index in [1.807, 2.05) is 0 Å². The molecule has 0 radical (unpaired) electrons. The number of hydrogen-bond acceptors (Lipinski definition) is 5. The van der Waals surface area contributed by atoms with Crippen molar-refractivity contribution in [3.63, 3.8) is 0 Å². The SMILES string of the molecule is O=C(N[C@H](CS)C(=O)O)c1cncc(O)c1. The lowest BCUT2D eigenvalue weighted by Gasteiger charge is -2.11. The fourth-order valence-corrected chi connectivity index (χ4v) is 1.23. The van der Waals surface area contributed by atoms with Crippen molar-refractivity contribution < 1.29 is 19.8 Å². The highest BCUT2D eigenvalue weighted by Gasteiger charge is 2.19. The third-order valence-electron chi connectivity index (χ3n) is 1.77. The van der Waals surface area contributed by atoms with Crippen molar-refractivity contribution in [3.05, 3.63) is 24.0 Å². The molecule has 0 saturated heterocycles. The predicted octanol–water partition coefficient (Wildman–Crippen LogP) is -0.100. The molecule has 1 amide bonds. The normalized spacial score (nSPS) is 11.8. The predicted molar refractivity (Wildman–Crippen MR) is 58.6 cm³/mol. The zero-order chi connectivity index (χ0) is 12.1. The number of carbonyl (C=O) groups excluding carboxylic acids is 1. The van der Waals surface area contributed by atoms with Crippen molar-refractivity contribution in [2.24, 2.45) is 0 Å². The average molecular weight is 242 g/mol. The molecule has 7 heteroatoms. The lowest BCUT2D eigenvalue weighted by atomic mass is 10.2. The highest BCUT2D eigenvalue weighted by atomic mass is 32.1. The Hall–Kier alpha value is -1.76. The number of aromatic hydroxyl groups is 1. The number of amides is 1. The van der Waals surface area contributed by atoms with Crippen LogP contribution in [0, 0.1) is 0 Å². The van der Waals surface area contributed by atoms with Gasteiger partial charge in [0.25, 0.3) is 5.91 Å². The number of carboxylic acid groups (broad SMARTS) is 1. The molecule has 0 unspecified atom stereocenters. The van der Waals surface area contributed by atoms with E-state index < -0.39 is 17.9 Å². The molecule has 1 aromatic rings. The lowest BCUT2D eigenvalue weighted by molar-refractivity contribution is -0.138. The standard InChI is InChI=1S/C9H10N2O4S/c12-6-1-5(2-10-3-6)8(13)11-7(4-16)9(14)15/h1-3,7,12,16H,4H2,(H,11,13)(H,14,15)/t7-/m1/s1. The molecule has 1 rings (SSSR count). The van der Waals surface area contributed by atoms with Gasteiger partial charge in [0.15, 0.2) is 0 Å². The van der Waals surface area contributed by atoms with E-state index in [1.54, 1.807) is 0 Å². The van der Waals surface area contributed by atoms with Gasteiger partial charge >= 0.3 is 5.97 Å². The average Bonchev–Trinajstić information content (AvgIpc) is 2.25. The van der Waals surface area contributed by atoms with Crippen LogP contribution < -0.4 is 5.32 Å². The zero-order valence-electron chi connectivity index (χ0n) is 8.12. The van der Waals surface area contributed by atoms with Gasteiger partial charge in [-0.1, -0.05) is 0 Å². The van der Waals surface area contributed by atoms with Gasteiger partial charge in [-0.25, -0.2) is 4.79 Å². The summed E-state index contributed by atoms with van der Waals surface area (Å²) in [7, 11) is 0. The molecule has 0 fully saturated rings. The third kappa shape index (κ3) is 3.13. The summed E-state index contributed by atoms with van der Waals surface area (Å²) >= 11 is 3.80. The van der Waals surface area contributed by atoms with E-state index in [0.29, 0.717) is 0 Å². The minimum atomic E-state index is -1.17. The topological polar surface area (TPSA) is 99.5 Å². The summed E-state index contributed by atoms with van der Waals surface area (Å²) < 4.78 is 0. The van der Waals surface area contributed by atoms with E-state index in [4.69, 9.17) is 10.2 Å². The van der Waals surface area contributed by atoms with Gasteiger partial charge in [-0.15, -0.1) is 0 Å². The van der Waals surface area contributed by atoms with Crippen LogP contribution in [0.2, 0.25) is 0 Å². The van der Waals surface area contributed by atoms with Crippen molar-refractivity contribution in [2.45, 2.75) is 6.04 Å². The largest absolute Gasteiger partial charge is 0.506 e. The fraction of sp³-hybridized carbons (Fsp3) is 0.222. The first-order valence-electron chi connectivity index (χ1n) is 4.33. The number of aliphatic carboxylic acids is 1. The molecule has 0 bridgehead atoms. The van der Waals surface area contributed by atoms with Crippen LogP contribution in [0.15, 0.2) is 18.5 Å². The van der Waals surface area contributed by atoms with Crippen LogP contribution in [0.3, 0.4) is 0 Å². The van der Waals surface area contributed by atoms with Crippen molar-refractivity contribution in [3.8, 4) is 5.75 Å². The van der Waals surface area contributed by atoms with Crippen LogP contribution >= 0.6 is 12.6 Å². The Balaban J connectivity index is 2.75. The lowest BCUT2D eigenvalue weighted by Crippen LogP contribution is -2.42. The van der Waals surface area contributed by atoms with Gasteiger partial charge in [0.05, 0.1) is 11.8 Å². The van der Waals surface area contributed by atoms with Crippen LogP contribution in [0.1, 0.15) is 10.4 Å². The second kappa shape index (κ2) is 5.36. The summed E-state index contributed by atoms with van der Waals surface area (Å²) in [4.78, 5) is 25.8. The number of thiol groups is 1. The fourth-order valence-electron chi connectivity index (χ4n) is 0.979. The maximum atomic E-state index is 11.5. The molecule has 1 heterocycles. The minimum absolute atomic E-state index is 0.0205. The first-order chi connectivity index (χ1) is 7.54. The van der Waals surface area contributed by atoms with E-state index in [1.165, 1.54) is 18.5 Å². The Kier molecular flexibility index (Phi) is 4.12. The van der Waals surface area contributed by atoms with Crippen LogP contribution in [-0.4, -0.2) is 38.9 Å². The van der Waals surface area contributed by atoms with Crippen molar-refractivity contribution in [1.29, 1.82) is 0 Å². The Labute approximate surface area is 96.7 Å². The summed E-state index contributed by atoms with van der Waals surface area (Å²) in [5, 5.41) is 20.0. The van der Waals surface area contributed by atoms with E-state index in [2.05, 4.69) is 22.9 Å².